The lowest BCUT2D eigenvalue weighted by Crippen LogP contribution is -2.48. The van der Waals surface area contributed by atoms with Crippen molar-refractivity contribution in [2.24, 2.45) is 0 Å². The van der Waals surface area contributed by atoms with E-state index in [-0.39, 0.29) is 24.6 Å². The Morgan fingerprint density at radius 2 is 2.20 bits per heavy atom. The molecule has 2 heterocycles. The standard InChI is InChI=1S/C15H18N2O3/c1-10-7-17(8-13(9-18)20-10)15-14-6-12(19)3-2-11(14)4-5-16-15/h2-6,10,13,18-19H,7-9H2,1H3. The van der Waals surface area contributed by atoms with E-state index in [9.17, 15) is 10.2 Å². The van der Waals surface area contributed by atoms with Crippen LogP contribution in [0, 0.1) is 0 Å². The number of anilines is 1. The van der Waals surface area contributed by atoms with E-state index in [2.05, 4.69) is 9.88 Å². The molecular formula is C15H18N2O3. The minimum absolute atomic E-state index is 0.00312. The first-order chi connectivity index (χ1) is 9.67. The van der Waals surface area contributed by atoms with Crippen molar-refractivity contribution in [2.45, 2.75) is 19.1 Å². The van der Waals surface area contributed by atoms with Crippen LogP contribution in [0.25, 0.3) is 10.8 Å². The first kappa shape index (κ1) is 13.1. The zero-order valence-corrected chi connectivity index (χ0v) is 11.4. The van der Waals surface area contributed by atoms with Gasteiger partial charge in [-0.2, -0.15) is 0 Å². The van der Waals surface area contributed by atoms with E-state index in [1.807, 2.05) is 19.1 Å². The van der Waals surface area contributed by atoms with Gasteiger partial charge in [-0.3, -0.25) is 0 Å². The number of hydrogen-bond donors (Lipinski definition) is 2. The van der Waals surface area contributed by atoms with E-state index in [1.54, 1.807) is 18.3 Å². The zero-order valence-electron chi connectivity index (χ0n) is 11.4. The van der Waals surface area contributed by atoms with Gasteiger partial charge in [0.15, 0.2) is 0 Å². The summed E-state index contributed by atoms with van der Waals surface area (Å²) in [5.41, 5.74) is 0. The van der Waals surface area contributed by atoms with Crippen molar-refractivity contribution in [3.8, 4) is 5.75 Å². The highest BCUT2D eigenvalue weighted by atomic mass is 16.5. The maximum absolute atomic E-state index is 9.69. The summed E-state index contributed by atoms with van der Waals surface area (Å²) in [7, 11) is 0. The van der Waals surface area contributed by atoms with Crippen LogP contribution in [0.3, 0.4) is 0 Å². The van der Waals surface area contributed by atoms with Crippen molar-refractivity contribution in [1.82, 2.24) is 4.98 Å². The van der Waals surface area contributed by atoms with Gasteiger partial charge < -0.3 is 19.8 Å². The molecule has 106 valence electrons. The number of morpholine rings is 1. The summed E-state index contributed by atoms with van der Waals surface area (Å²) in [5.74, 6) is 1.05. The molecule has 0 saturated carbocycles. The molecule has 1 fully saturated rings. The van der Waals surface area contributed by atoms with Gasteiger partial charge in [0.2, 0.25) is 0 Å². The van der Waals surface area contributed by atoms with E-state index in [0.717, 1.165) is 23.1 Å². The summed E-state index contributed by atoms with van der Waals surface area (Å²) in [6, 6.07) is 7.20. The van der Waals surface area contributed by atoms with Gasteiger partial charge in [-0.1, -0.05) is 6.07 Å². The number of aromatic nitrogens is 1. The maximum atomic E-state index is 9.69. The lowest BCUT2D eigenvalue weighted by atomic mass is 10.1. The Labute approximate surface area is 117 Å². The smallest absolute Gasteiger partial charge is 0.136 e. The Kier molecular flexibility index (Phi) is 3.46. The second kappa shape index (κ2) is 5.26. The Morgan fingerprint density at radius 1 is 1.35 bits per heavy atom. The molecule has 5 nitrogen and oxygen atoms in total. The molecule has 2 aromatic rings. The topological polar surface area (TPSA) is 65.8 Å². The Hall–Kier alpha value is -1.85. The largest absolute Gasteiger partial charge is 0.508 e. The number of aliphatic hydroxyl groups excluding tert-OH is 1. The number of rotatable bonds is 2. The molecule has 0 aliphatic carbocycles. The third-order valence-electron chi connectivity index (χ3n) is 3.56. The minimum atomic E-state index is -0.201. The van der Waals surface area contributed by atoms with Crippen LogP contribution in [0.4, 0.5) is 5.82 Å². The molecule has 2 atom stereocenters. The number of ether oxygens (including phenoxy) is 1. The molecule has 1 saturated heterocycles. The number of phenolic OH excluding ortho intramolecular Hbond substituents is 1. The van der Waals surface area contributed by atoms with Crippen molar-refractivity contribution in [2.75, 3.05) is 24.6 Å². The second-order valence-corrected chi connectivity index (χ2v) is 5.20. The van der Waals surface area contributed by atoms with Gasteiger partial charge in [0.25, 0.3) is 0 Å². The number of pyridine rings is 1. The summed E-state index contributed by atoms with van der Waals surface area (Å²) in [6.07, 6.45) is 1.60. The number of benzene rings is 1. The molecule has 0 amide bonds. The lowest BCUT2D eigenvalue weighted by molar-refractivity contribution is -0.0422. The van der Waals surface area contributed by atoms with Gasteiger partial charge in [0.05, 0.1) is 18.8 Å². The van der Waals surface area contributed by atoms with Crippen molar-refractivity contribution in [1.29, 1.82) is 0 Å². The van der Waals surface area contributed by atoms with Crippen molar-refractivity contribution < 1.29 is 14.9 Å². The van der Waals surface area contributed by atoms with Crippen molar-refractivity contribution >= 4 is 16.6 Å². The van der Waals surface area contributed by atoms with Gasteiger partial charge >= 0.3 is 0 Å². The molecular weight excluding hydrogens is 256 g/mol. The molecule has 1 aliphatic heterocycles. The van der Waals surface area contributed by atoms with Gasteiger partial charge in [0, 0.05) is 24.7 Å². The highest BCUT2D eigenvalue weighted by molar-refractivity contribution is 5.93. The maximum Gasteiger partial charge on any atom is 0.136 e. The van der Waals surface area contributed by atoms with E-state index in [4.69, 9.17) is 4.74 Å². The Bertz CT molecular complexity index is 617. The molecule has 1 aliphatic rings. The molecule has 0 spiro atoms. The Morgan fingerprint density at radius 3 is 3.00 bits per heavy atom. The van der Waals surface area contributed by atoms with Crippen LogP contribution < -0.4 is 4.90 Å². The average molecular weight is 274 g/mol. The first-order valence-electron chi connectivity index (χ1n) is 6.76. The fourth-order valence-electron chi connectivity index (χ4n) is 2.71. The predicted octanol–water partition coefficient (Wildman–Crippen LogP) is 1.53. The number of aliphatic hydroxyl groups is 1. The summed E-state index contributed by atoms with van der Waals surface area (Å²) >= 11 is 0. The molecule has 3 rings (SSSR count). The summed E-state index contributed by atoms with van der Waals surface area (Å²) < 4.78 is 5.65. The van der Waals surface area contributed by atoms with Gasteiger partial charge in [-0.15, -0.1) is 0 Å². The molecule has 1 aromatic carbocycles. The van der Waals surface area contributed by atoms with E-state index < -0.39 is 0 Å². The fourth-order valence-corrected chi connectivity index (χ4v) is 2.71. The van der Waals surface area contributed by atoms with Crippen LogP contribution in [0.15, 0.2) is 30.5 Å². The molecule has 5 heteroatoms. The van der Waals surface area contributed by atoms with Crippen LogP contribution >= 0.6 is 0 Å². The SMILES string of the molecule is CC1CN(c2nccc3ccc(O)cc23)CC(CO)O1. The van der Waals surface area contributed by atoms with Gasteiger partial charge in [-0.05, 0) is 30.5 Å². The van der Waals surface area contributed by atoms with E-state index >= 15 is 0 Å². The van der Waals surface area contributed by atoms with Crippen LogP contribution in [0.1, 0.15) is 6.92 Å². The number of nitrogens with zero attached hydrogens (tertiary/aromatic N) is 2. The average Bonchev–Trinajstić information content (AvgIpc) is 2.45. The van der Waals surface area contributed by atoms with E-state index in [0.29, 0.717) is 6.54 Å². The molecule has 0 bridgehead atoms. The van der Waals surface area contributed by atoms with Crippen LogP contribution in [-0.2, 0) is 4.74 Å². The third-order valence-corrected chi connectivity index (χ3v) is 3.56. The summed E-state index contributed by atoms with van der Waals surface area (Å²) in [4.78, 5) is 6.56. The number of phenols is 1. The first-order valence-corrected chi connectivity index (χ1v) is 6.76. The molecule has 1 aromatic heterocycles. The quantitative estimate of drug-likeness (QED) is 0.869. The monoisotopic (exact) mass is 274 g/mol. The minimum Gasteiger partial charge on any atom is -0.508 e. The predicted molar refractivity (Wildman–Crippen MR) is 77.0 cm³/mol. The number of hydrogen-bond acceptors (Lipinski definition) is 5. The molecule has 20 heavy (non-hydrogen) atoms. The Balaban J connectivity index is 2.02. The van der Waals surface area contributed by atoms with Crippen molar-refractivity contribution in [3.63, 3.8) is 0 Å². The highest BCUT2D eigenvalue weighted by Gasteiger charge is 2.26. The lowest BCUT2D eigenvalue weighted by Gasteiger charge is -2.37. The van der Waals surface area contributed by atoms with Crippen molar-refractivity contribution in [3.05, 3.63) is 30.5 Å². The van der Waals surface area contributed by atoms with Gasteiger partial charge in [-0.25, -0.2) is 4.98 Å². The summed E-state index contributed by atoms with van der Waals surface area (Å²) in [6.45, 7) is 3.30. The van der Waals surface area contributed by atoms with Crippen LogP contribution in [-0.4, -0.2) is 47.1 Å². The number of fused-ring (bicyclic) bond motifs is 1. The molecule has 2 unspecified atom stereocenters. The summed E-state index contributed by atoms with van der Waals surface area (Å²) in [5, 5.41) is 21.0. The van der Waals surface area contributed by atoms with Gasteiger partial charge in [0.1, 0.15) is 11.6 Å². The van der Waals surface area contributed by atoms with Crippen LogP contribution in [0.5, 0.6) is 5.75 Å². The number of aromatic hydroxyl groups is 1. The normalized spacial score (nSPS) is 23.2. The highest BCUT2D eigenvalue weighted by Crippen LogP contribution is 2.29. The van der Waals surface area contributed by atoms with Crippen LogP contribution in [0.2, 0.25) is 0 Å². The van der Waals surface area contributed by atoms with E-state index in [1.165, 1.54) is 0 Å². The molecule has 0 radical (unpaired) electrons. The second-order valence-electron chi connectivity index (χ2n) is 5.20. The molecule has 2 N–H and O–H groups in total. The fraction of sp³-hybridized carbons (Fsp3) is 0.400. The zero-order chi connectivity index (χ0) is 14.1. The third kappa shape index (κ3) is 2.42.